The predicted molar refractivity (Wildman–Crippen MR) is 73.6 cm³/mol. The molecule has 0 saturated heterocycles. The van der Waals surface area contributed by atoms with Crippen molar-refractivity contribution < 1.29 is 0 Å². The first-order valence-corrected chi connectivity index (χ1v) is 7.29. The van der Waals surface area contributed by atoms with Crippen molar-refractivity contribution in [1.29, 1.82) is 0 Å². The third-order valence-corrected chi connectivity index (χ3v) is 3.48. The summed E-state index contributed by atoms with van der Waals surface area (Å²) in [5.41, 5.74) is 0.491. The van der Waals surface area contributed by atoms with Gasteiger partial charge in [0.15, 0.2) is 10.8 Å². The molecule has 90 valence electrons. The van der Waals surface area contributed by atoms with Crippen molar-refractivity contribution in [1.82, 2.24) is 14.5 Å². The lowest BCUT2D eigenvalue weighted by Crippen LogP contribution is -2.23. The van der Waals surface area contributed by atoms with Crippen LogP contribution in [-0.4, -0.2) is 20.8 Å². The van der Waals surface area contributed by atoms with Gasteiger partial charge in [-0.05, 0) is 34.7 Å². The van der Waals surface area contributed by atoms with Gasteiger partial charge in [0.05, 0.1) is 5.39 Å². The average molecular weight is 314 g/mol. The van der Waals surface area contributed by atoms with Gasteiger partial charge in [0, 0.05) is 17.2 Å². The number of hydrogen-bond acceptors (Lipinski definition) is 4. The van der Waals surface area contributed by atoms with E-state index in [1.807, 2.05) is 13.2 Å². The van der Waals surface area contributed by atoms with Crippen molar-refractivity contribution in [3.05, 3.63) is 27.1 Å². The zero-order valence-electron chi connectivity index (χ0n) is 9.61. The molecule has 0 aliphatic carbocycles. The number of hydrogen-bond donors (Lipinski definition) is 0. The van der Waals surface area contributed by atoms with Gasteiger partial charge in [-0.15, -0.1) is 0 Å². The quantitative estimate of drug-likeness (QED) is 0.645. The minimum absolute atomic E-state index is 0.0185. The highest BCUT2D eigenvalue weighted by Gasteiger charge is 2.10. The van der Waals surface area contributed by atoms with Gasteiger partial charge in [-0.1, -0.05) is 18.7 Å². The van der Waals surface area contributed by atoms with Crippen LogP contribution in [0.1, 0.15) is 13.3 Å². The number of fused-ring (bicyclic) bond motifs is 1. The fraction of sp³-hybridized carbons (Fsp3) is 0.364. The highest BCUT2D eigenvalue weighted by Crippen LogP contribution is 2.17. The molecular weight excluding hydrogens is 302 g/mol. The lowest BCUT2D eigenvalue weighted by atomic mass is 10.3. The molecule has 4 nitrogen and oxygen atoms in total. The molecule has 2 aromatic rings. The van der Waals surface area contributed by atoms with Crippen LogP contribution in [0.3, 0.4) is 0 Å². The molecule has 2 aromatic heterocycles. The summed E-state index contributed by atoms with van der Waals surface area (Å²) in [6.45, 7) is 2.73. The molecule has 2 heterocycles. The summed E-state index contributed by atoms with van der Waals surface area (Å²) in [4.78, 5) is 20.9. The van der Waals surface area contributed by atoms with E-state index in [1.165, 1.54) is 11.8 Å². The van der Waals surface area contributed by atoms with Gasteiger partial charge in [0.1, 0.15) is 0 Å². The molecule has 0 amide bonds. The van der Waals surface area contributed by atoms with E-state index in [1.54, 1.807) is 16.8 Å². The van der Waals surface area contributed by atoms with Crippen LogP contribution in [-0.2, 0) is 6.54 Å². The molecule has 0 unspecified atom stereocenters. The normalized spacial score (nSPS) is 11.0. The van der Waals surface area contributed by atoms with Crippen LogP contribution in [0, 0.1) is 0 Å². The second-order valence-electron chi connectivity index (χ2n) is 3.58. The third-order valence-electron chi connectivity index (χ3n) is 2.37. The molecule has 0 spiro atoms. The molecule has 2 rings (SSSR count). The van der Waals surface area contributed by atoms with Crippen LogP contribution in [0.25, 0.3) is 11.0 Å². The molecule has 0 aromatic carbocycles. The Morgan fingerprint density at radius 1 is 1.53 bits per heavy atom. The molecule has 0 N–H and O–H groups in total. The Bertz CT molecular complexity index is 611. The minimum atomic E-state index is -0.0185. The average Bonchev–Trinajstić information content (AvgIpc) is 2.33. The second-order valence-corrected chi connectivity index (χ2v) is 5.27. The van der Waals surface area contributed by atoms with Gasteiger partial charge in [-0.3, -0.25) is 9.36 Å². The van der Waals surface area contributed by atoms with Crippen molar-refractivity contribution in [2.45, 2.75) is 25.0 Å². The molecule has 17 heavy (non-hydrogen) atoms. The van der Waals surface area contributed by atoms with Crippen molar-refractivity contribution >= 4 is 38.7 Å². The molecule has 0 aliphatic heterocycles. The van der Waals surface area contributed by atoms with Crippen LogP contribution in [0.15, 0.2) is 26.7 Å². The standard InChI is InChI=1S/C11H12BrN3OS/c1-3-4-15-10(16)8-5-7(12)6-13-9(8)14-11(15)17-2/h5-6H,3-4H2,1-2H3. The summed E-state index contributed by atoms with van der Waals surface area (Å²) >= 11 is 4.79. The van der Waals surface area contributed by atoms with Crippen LogP contribution >= 0.6 is 27.7 Å². The van der Waals surface area contributed by atoms with Gasteiger partial charge >= 0.3 is 0 Å². The number of nitrogens with zero attached hydrogens (tertiary/aromatic N) is 3. The molecule has 0 saturated carbocycles. The Morgan fingerprint density at radius 3 is 2.94 bits per heavy atom. The van der Waals surface area contributed by atoms with Crippen LogP contribution < -0.4 is 5.56 Å². The Kier molecular flexibility index (Phi) is 3.83. The molecule has 6 heteroatoms. The van der Waals surface area contributed by atoms with E-state index in [0.717, 1.165) is 16.0 Å². The van der Waals surface area contributed by atoms with Crippen molar-refractivity contribution in [3.8, 4) is 0 Å². The van der Waals surface area contributed by atoms with Gasteiger partial charge in [-0.25, -0.2) is 9.97 Å². The maximum Gasteiger partial charge on any atom is 0.263 e. The maximum absolute atomic E-state index is 12.3. The smallest absolute Gasteiger partial charge is 0.263 e. The van der Waals surface area contributed by atoms with Gasteiger partial charge in [0.2, 0.25) is 0 Å². The Morgan fingerprint density at radius 2 is 2.29 bits per heavy atom. The van der Waals surface area contributed by atoms with E-state index in [4.69, 9.17) is 0 Å². The number of pyridine rings is 1. The number of thioether (sulfide) groups is 1. The Balaban J connectivity index is 2.79. The van der Waals surface area contributed by atoms with Crippen LogP contribution in [0.4, 0.5) is 0 Å². The summed E-state index contributed by atoms with van der Waals surface area (Å²) in [5.74, 6) is 0. The van der Waals surface area contributed by atoms with E-state index < -0.39 is 0 Å². The first kappa shape index (κ1) is 12.6. The molecule has 0 aliphatic rings. The first-order valence-electron chi connectivity index (χ1n) is 5.27. The summed E-state index contributed by atoms with van der Waals surface area (Å²) in [7, 11) is 0. The Hall–Kier alpha value is -0.880. The first-order chi connectivity index (χ1) is 8.17. The van der Waals surface area contributed by atoms with E-state index in [0.29, 0.717) is 17.6 Å². The van der Waals surface area contributed by atoms with E-state index >= 15 is 0 Å². The van der Waals surface area contributed by atoms with Crippen molar-refractivity contribution in [3.63, 3.8) is 0 Å². The van der Waals surface area contributed by atoms with Gasteiger partial charge in [0.25, 0.3) is 5.56 Å². The van der Waals surface area contributed by atoms with Gasteiger partial charge < -0.3 is 0 Å². The largest absolute Gasteiger partial charge is 0.287 e. The topological polar surface area (TPSA) is 47.8 Å². The fourth-order valence-corrected chi connectivity index (χ4v) is 2.54. The highest BCUT2D eigenvalue weighted by atomic mass is 79.9. The van der Waals surface area contributed by atoms with Crippen LogP contribution in [0.5, 0.6) is 0 Å². The number of halogens is 1. The van der Waals surface area contributed by atoms with E-state index in [-0.39, 0.29) is 5.56 Å². The predicted octanol–water partition coefficient (Wildman–Crippen LogP) is 2.69. The SMILES string of the molecule is CCCn1c(SC)nc2ncc(Br)cc2c1=O. The summed E-state index contributed by atoms with van der Waals surface area (Å²) in [5, 5.41) is 1.28. The molecular formula is C11H12BrN3OS. The maximum atomic E-state index is 12.3. The van der Waals surface area contributed by atoms with E-state index in [2.05, 4.69) is 25.9 Å². The number of rotatable bonds is 3. The molecule has 0 radical (unpaired) electrons. The minimum Gasteiger partial charge on any atom is -0.287 e. The van der Waals surface area contributed by atoms with Crippen LogP contribution in [0.2, 0.25) is 0 Å². The molecule has 0 fully saturated rings. The molecule has 0 bridgehead atoms. The highest BCUT2D eigenvalue weighted by molar-refractivity contribution is 9.10. The monoisotopic (exact) mass is 313 g/mol. The second kappa shape index (κ2) is 5.18. The summed E-state index contributed by atoms with van der Waals surface area (Å²) < 4.78 is 2.50. The van der Waals surface area contributed by atoms with Gasteiger partial charge in [-0.2, -0.15) is 0 Å². The summed E-state index contributed by atoms with van der Waals surface area (Å²) in [6, 6.07) is 1.77. The lowest BCUT2D eigenvalue weighted by molar-refractivity contribution is 0.584. The van der Waals surface area contributed by atoms with Crippen molar-refractivity contribution in [2.24, 2.45) is 0 Å². The zero-order valence-corrected chi connectivity index (χ0v) is 12.0. The molecule has 0 atom stereocenters. The third kappa shape index (κ3) is 2.37. The Labute approximate surface area is 112 Å². The zero-order chi connectivity index (χ0) is 12.4. The fourth-order valence-electron chi connectivity index (χ4n) is 1.64. The number of aromatic nitrogens is 3. The lowest BCUT2D eigenvalue weighted by Gasteiger charge is -2.10. The van der Waals surface area contributed by atoms with E-state index in [9.17, 15) is 4.79 Å². The van der Waals surface area contributed by atoms with Crippen molar-refractivity contribution in [2.75, 3.05) is 6.26 Å². The summed E-state index contributed by atoms with van der Waals surface area (Å²) in [6.07, 6.45) is 4.48.